The highest BCUT2D eigenvalue weighted by Crippen LogP contribution is 2.21. The Labute approximate surface area is 91.2 Å². The molecule has 0 amide bonds. The van der Waals surface area contributed by atoms with Crippen molar-refractivity contribution in [1.29, 1.82) is 0 Å². The van der Waals surface area contributed by atoms with E-state index in [-0.39, 0.29) is 0 Å². The van der Waals surface area contributed by atoms with Crippen molar-refractivity contribution in [3.63, 3.8) is 0 Å². The van der Waals surface area contributed by atoms with Crippen LogP contribution in [0.25, 0.3) is 0 Å². The number of nitrogens with two attached hydrogens (primary N) is 1. The normalized spacial score (nSPS) is 13.8. The summed E-state index contributed by atoms with van der Waals surface area (Å²) < 4.78 is 22.7. The molecule has 0 spiro atoms. The van der Waals surface area contributed by atoms with Gasteiger partial charge in [0.25, 0.3) is 0 Å². The van der Waals surface area contributed by atoms with Crippen LogP contribution < -0.4 is 5.73 Å². The Hall–Kier alpha value is -0.870. The van der Waals surface area contributed by atoms with Crippen LogP contribution in [0.2, 0.25) is 0 Å². The highest BCUT2D eigenvalue weighted by molar-refractivity contribution is 7.90. The van der Waals surface area contributed by atoms with Crippen molar-refractivity contribution in [2.24, 2.45) is 5.73 Å². The Morgan fingerprint density at radius 3 is 2.60 bits per heavy atom. The lowest BCUT2D eigenvalue weighted by atomic mass is 9.98. The van der Waals surface area contributed by atoms with Crippen LogP contribution in [0.15, 0.2) is 29.2 Å². The molecule has 15 heavy (non-hydrogen) atoms. The van der Waals surface area contributed by atoms with E-state index in [1.54, 1.807) is 18.2 Å². The maximum Gasteiger partial charge on any atom is 0.175 e. The monoisotopic (exact) mass is 227 g/mol. The molecule has 0 aliphatic carbocycles. The average molecular weight is 227 g/mol. The maximum absolute atomic E-state index is 11.3. The molecule has 1 unspecified atom stereocenters. The first-order valence-corrected chi connectivity index (χ1v) is 6.84. The van der Waals surface area contributed by atoms with E-state index in [0.29, 0.717) is 17.4 Å². The van der Waals surface area contributed by atoms with E-state index in [0.717, 1.165) is 12.0 Å². The molecule has 0 aliphatic heterocycles. The zero-order chi connectivity index (χ0) is 11.5. The molecule has 0 radical (unpaired) electrons. The van der Waals surface area contributed by atoms with Crippen molar-refractivity contribution >= 4 is 9.84 Å². The molecule has 0 saturated carbocycles. The third-order valence-electron chi connectivity index (χ3n) is 2.45. The lowest BCUT2D eigenvalue weighted by Gasteiger charge is -2.11. The van der Waals surface area contributed by atoms with Crippen molar-refractivity contribution in [3.8, 4) is 0 Å². The largest absolute Gasteiger partial charge is 0.330 e. The van der Waals surface area contributed by atoms with Gasteiger partial charge in [-0.3, -0.25) is 0 Å². The first kappa shape index (κ1) is 12.2. The second-order valence-corrected chi connectivity index (χ2v) is 5.84. The van der Waals surface area contributed by atoms with Crippen LogP contribution in [0.1, 0.15) is 24.8 Å². The zero-order valence-corrected chi connectivity index (χ0v) is 9.92. The van der Waals surface area contributed by atoms with Crippen molar-refractivity contribution in [1.82, 2.24) is 0 Å². The van der Waals surface area contributed by atoms with Gasteiger partial charge < -0.3 is 5.73 Å². The fraction of sp³-hybridized carbons (Fsp3) is 0.455. The average Bonchev–Trinajstić information content (AvgIpc) is 2.17. The van der Waals surface area contributed by atoms with Gasteiger partial charge in [0, 0.05) is 6.26 Å². The second-order valence-electron chi connectivity index (χ2n) is 3.82. The SMILES string of the molecule is CC(CCN)c1cccc(S(C)(=O)=O)c1. The van der Waals surface area contributed by atoms with Gasteiger partial charge in [0.15, 0.2) is 9.84 Å². The van der Waals surface area contributed by atoms with Gasteiger partial charge in [0.05, 0.1) is 4.90 Å². The molecule has 0 bridgehead atoms. The number of hydrogen-bond donors (Lipinski definition) is 1. The third-order valence-corrected chi connectivity index (χ3v) is 3.57. The van der Waals surface area contributed by atoms with Crippen molar-refractivity contribution in [2.75, 3.05) is 12.8 Å². The summed E-state index contributed by atoms with van der Waals surface area (Å²) in [6.45, 7) is 2.67. The summed E-state index contributed by atoms with van der Waals surface area (Å²) in [4.78, 5) is 0.379. The number of sulfone groups is 1. The summed E-state index contributed by atoms with van der Waals surface area (Å²) in [6, 6.07) is 7.07. The van der Waals surface area contributed by atoms with Gasteiger partial charge in [-0.2, -0.15) is 0 Å². The van der Waals surface area contributed by atoms with E-state index < -0.39 is 9.84 Å². The summed E-state index contributed by atoms with van der Waals surface area (Å²) in [7, 11) is -3.11. The molecule has 1 rings (SSSR count). The summed E-state index contributed by atoms with van der Waals surface area (Å²) >= 11 is 0. The Morgan fingerprint density at radius 2 is 2.07 bits per heavy atom. The topological polar surface area (TPSA) is 60.2 Å². The van der Waals surface area contributed by atoms with Crippen molar-refractivity contribution in [3.05, 3.63) is 29.8 Å². The quantitative estimate of drug-likeness (QED) is 0.848. The van der Waals surface area contributed by atoms with Gasteiger partial charge in [0.2, 0.25) is 0 Å². The van der Waals surface area contributed by atoms with Gasteiger partial charge in [-0.25, -0.2) is 8.42 Å². The second kappa shape index (κ2) is 4.77. The van der Waals surface area contributed by atoms with Gasteiger partial charge in [0.1, 0.15) is 0 Å². The molecule has 4 heteroatoms. The van der Waals surface area contributed by atoms with Crippen LogP contribution >= 0.6 is 0 Å². The van der Waals surface area contributed by atoms with Crippen LogP contribution in [0.4, 0.5) is 0 Å². The number of rotatable bonds is 4. The highest BCUT2D eigenvalue weighted by atomic mass is 32.2. The molecule has 0 aliphatic rings. The van der Waals surface area contributed by atoms with E-state index in [1.165, 1.54) is 6.26 Å². The molecule has 1 atom stereocenters. The molecule has 0 aromatic heterocycles. The van der Waals surface area contributed by atoms with Crippen LogP contribution in [0, 0.1) is 0 Å². The minimum absolute atomic E-state index is 0.302. The smallest absolute Gasteiger partial charge is 0.175 e. The van der Waals surface area contributed by atoms with Crippen molar-refractivity contribution in [2.45, 2.75) is 24.2 Å². The van der Waals surface area contributed by atoms with Crippen LogP contribution in [0.3, 0.4) is 0 Å². The zero-order valence-electron chi connectivity index (χ0n) is 9.10. The maximum atomic E-state index is 11.3. The molecule has 2 N–H and O–H groups in total. The molecule has 3 nitrogen and oxygen atoms in total. The summed E-state index contributed by atoms with van der Waals surface area (Å²) in [5.74, 6) is 0.302. The predicted molar refractivity (Wildman–Crippen MR) is 61.6 cm³/mol. The van der Waals surface area contributed by atoms with E-state index in [4.69, 9.17) is 5.73 Å². The highest BCUT2D eigenvalue weighted by Gasteiger charge is 2.10. The van der Waals surface area contributed by atoms with E-state index in [1.807, 2.05) is 13.0 Å². The summed E-state index contributed by atoms with van der Waals surface area (Å²) in [5, 5.41) is 0. The minimum Gasteiger partial charge on any atom is -0.330 e. The standard InChI is InChI=1S/C11H17NO2S/c1-9(6-7-12)10-4-3-5-11(8-10)15(2,13)14/h3-5,8-9H,6-7,12H2,1-2H3. The van der Waals surface area contributed by atoms with Gasteiger partial charge in [-0.05, 0) is 36.6 Å². The Morgan fingerprint density at radius 1 is 1.40 bits per heavy atom. The fourth-order valence-corrected chi connectivity index (χ4v) is 2.14. The molecule has 0 heterocycles. The summed E-state index contributed by atoms with van der Waals surface area (Å²) in [5.41, 5.74) is 6.50. The van der Waals surface area contributed by atoms with E-state index >= 15 is 0 Å². The first-order chi connectivity index (χ1) is 6.95. The molecule has 1 aromatic rings. The summed E-state index contributed by atoms with van der Waals surface area (Å²) in [6.07, 6.45) is 2.09. The molecule has 0 saturated heterocycles. The Bertz CT molecular complexity index is 426. The fourth-order valence-electron chi connectivity index (χ4n) is 1.47. The van der Waals surface area contributed by atoms with Gasteiger partial charge in [-0.1, -0.05) is 19.1 Å². The number of hydrogen-bond acceptors (Lipinski definition) is 3. The minimum atomic E-state index is -3.11. The lowest BCUT2D eigenvalue weighted by molar-refractivity contribution is 0.601. The molecular weight excluding hydrogens is 210 g/mol. The van der Waals surface area contributed by atoms with Crippen molar-refractivity contribution < 1.29 is 8.42 Å². The van der Waals surface area contributed by atoms with Crippen LogP contribution in [-0.4, -0.2) is 21.2 Å². The molecule has 1 aromatic carbocycles. The predicted octanol–water partition coefficient (Wildman–Crippen LogP) is 1.54. The van der Waals surface area contributed by atoms with Gasteiger partial charge >= 0.3 is 0 Å². The Balaban J connectivity index is 3.03. The van der Waals surface area contributed by atoms with E-state index in [9.17, 15) is 8.42 Å². The van der Waals surface area contributed by atoms with E-state index in [2.05, 4.69) is 0 Å². The van der Waals surface area contributed by atoms with Crippen LogP contribution in [0.5, 0.6) is 0 Å². The number of benzene rings is 1. The third kappa shape index (κ3) is 3.32. The molecule has 0 fully saturated rings. The van der Waals surface area contributed by atoms with Crippen LogP contribution in [-0.2, 0) is 9.84 Å². The molecule has 84 valence electrons. The van der Waals surface area contributed by atoms with Gasteiger partial charge in [-0.15, -0.1) is 0 Å². The molecular formula is C11H17NO2S. The first-order valence-electron chi connectivity index (χ1n) is 4.95. The lowest BCUT2D eigenvalue weighted by Crippen LogP contribution is -2.05. The Kier molecular flexibility index (Phi) is 3.88.